The zero-order valence-electron chi connectivity index (χ0n) is 11.7. The van der Waals surface area contributed by atoms with Crippen LogP contribution in [-0.2, 0) is 9.53 Å². The maximum absolute atomic E-state index is 12.5. The van der Waals surface area contributed by atoms with Crippen molar-refractivity contribution in [3.8, 4) is 0 Å². The molecule has 4 nitrogen and oxygen atoms in total. The van der Waals surface area contributed by atoms with Gasteiger partial charge in [-0.05, 0) is 32.1 Å². The number of likely N-dealkylation sites (tertiary alicyclic amines) is 1. The minimum atomic E-state index is 0.0578. The van der Waals surface area contributed by atoms with Crippen molar-refractivity contribution in [2.75, 3.05) is 20.3 Å². The molecule has 1 aliphatic heterocycles. The van der Waals surface area contributed by atoms with Crippen molar-refractivity contribution in [3.63, 3.8) is 0 Å². The fourth-order valence-electron chi connectivity index (χ4n) is 2.81. The number of nitrogens with zero attached hydrogens (tertiary/aromatic N) is 1. The number of hydrogen-bond acceptors (Lipinski definition) is 3. The summed E-state index contributed by atoms with van der Waals surface area (Å²) in [6.45, 7) is 3.72. The lowest BCUT2D eigenvalue weighted by molar-refractivity contribution is -0.140. The van der Waals surface area contributed by atoms with Gasteiger partial charge in [0, 0.05) is 19.7 Å². The van der Waals surface area contributed by atoms with Crippen LogP contribution in [0, 0.1) is 0 Å². The highest BCUT2D eigenvalue weighted by molar-refractivity contribution is 5.83. The van der Waals surface area contributed by atoms with Crippen LogP contribution in [0.4, 0.5) is 0 Å². The highest BCUT2D eigenvalue weighted by Gasteiger charge is 2.35. The number of carbonyl (C=O) groups excluding carboxylic acids is 1. The Morgan fingerprint density at radius 2 is 2.22 bits per heavy atom. The summed E-state index contributed by atoms with van der Waals surface area (Å²) >= 11 is 0. The van der Waals surface area contributed by atoms with E-state index in [0.29, 0.717) is 18.6 Å². The first-order chi connectivity index (χ1) is 8.76. The number of ether oxygens (including phenoxy) is 1. The summed E-state index contributed by atoms with van der Waals surface area (Å²) in [5.74, 6) is 0.295. The molecule has 1 N–H and O–H groups in total. The van der Waals surface area contributed by atoms with Gasteiger partial charge in [0.15, 0.2) is 0 Å². The zero-order chi connectivity index (χ0) is 13.0. The Morgan fingerprint density at radius 3 is 2.83 bits per heavy atom. The van der Waals surface area contributed by atoms with Gasteiger partial charge in [-0.15, -0.1) is 0 Å². The molecule has 1 heterocycles. The standard InChI is InChI=1S/C14H26N2O2/c1-3-5-12(10-18-2)16-9-4-6-13(14(16)17)15-11-7-8-11/h11-13,15H,3-10H2,1-2H3. The van der Waals surface area contributed by atoms with E-state index >= 15 is 0 Å². The third kappa shape index (κ3) is 3.45. The van der Waals surface area contributed by atoms with Crippen molar-refractivity contribution in [3.05, 3.63) is 0 Å². The Bertz CT molecular complexity index is 273. The number of nitrogens with one attached hydrogen (secondary N) is 1. The van der Waals surface area contributed by atoms with Crippen LogP contribution < -0.4 is 5.32 Å². The van der Waals surface area contributed by atoms with Crippen LogP contribution in [0.1, 0.15) is 45.4 Å². The van der Waals surface area contributed by atoms with Gasteiger partial charge in [0.1, 0.15) is 0 Å². The smallest absolute Gasteiger partial charge is 0.240 e. The predicted octanol–water partition coefficient (Wildman–Crippen LogP) is 1.54. The van der Waals surface area contributed by atoms with Crippen LogP contribution in [0.2, 0.25) is 0 Å². The largest absolute Gasteiger partial charge is 0.383 e. The Hall–Kier alpha value is -0.610. The fourth-order valence-corrected chi connectivity index (χ4v) is 2.81. The van der Waals surface area contributed by atoms with E-state index in [1.165, 1.54) is 12.8 Å². The molecule has 0 radical (unpaired) electrons. The molecule has 0 spiro atoms. The van der Waals surface area contributed by atoms with E-state index in [1.54, 1.807) is 7.11 Å². The summed E-state index contributed by atoms with van der Waals surface area (Å²) in [5.41, 5.74) is 0. The highest BCUT2D eigenvalue weighted by Crippen LogP contribution is 2.24. The molecule has 104 valence electrons. The molecule has 2 fully saturated rings. The quantitative estimate of drug-likeness (QED) is 0.749. The second-order valence-corrected chi connectivity index (χ2v) is 5.57. The summed E-state index contributed by atoms with van der Waals surface area (Å²) in [6, 6.07) is 0.921. The van der Waals surface area contributed by atoms with E-state index in [2.05, 4.69) is 17.1 Å². The van der Waals surface area contributed by atoms with Crippen LogP contribution >= 0.6 is 0 Å². The third-order valence-electron chi connectivity index (χ3n) is 3.91. The third-order valence-corrected chi connectivity index (χ3v) is 3.91. The molecule has 2 aliphatic rings. The number of piperidine rings is 1. The van der Waals surface area contributed by atoms with Crippen LogP contribution in [0.15, 0.2) is 0 Å². The van der Waals surface area contributed by atoms with Gasteiger partial charge in [-0.2, -0.15) is 0 Å². The van der Waals surface area contributed by atoms with Crippen molar-refractivity contribution in [1.82, 2.24) is 10.2 Å². The van der Waals surface area contributed by atoms with Gasteiger partial charge < -0.3 is 15.0 Å². The first-order valence-corrected chi connectivity index (χ1v) is 7.31. The summed E-state index contributed by atoms with van der Waals surface area (Å²) in [7, 11) is 1.72. The maximum Gasteiger partial charge on any atom is 0.240 e. The predicted molar refractivity (Wildman–Crippen MR) is 71.5 cm³/mol. The van der Waals surface area contributed by atoms with Gasteiger partial charge in [-0.25, -0.2) is 0 Å². The van der Waals surface area contributed by atoms with Crippen LogP contribution in [0.3, 0.4) is 0 Å². The van der Waals surface area contributed by atoms with Crippen LogP contribution in [0.5, 0.6) is 0 Å². The van der Waals surface area contributed by atoms with E-state index in [1.807, 2.05) is 0 Å². The fraction of sp³-hybridized carbons (Fsp3) is 0.929. The molecule has 0 aromatic rings. The number of carbonyl (C=O) groups is 1. The summed E-state index contributed by atoms with van der Waals surface area (Å²) in [5, 5.41) is 3.48. The molecular weight excluding hydrogens is 228 g/mol. The van der Waals surface area contributed by atoms with Crippen molar-refractivity contribution < 1.29 is 9.53 Å². The lowest BCUT2D eigenvalue weighted by Crippen LogP contribution is -2.55. The molecule has 2 unspecified atom stereocenters. The van der Waals surface area contributed by atoms with Gasteiger partial charge in [-0.1, -0.05) is 13.3 Å². The molecule has 1 saturated heterocycles. The number of amides is 1. The summed E-state index contributed by atoms with van der Waals surface area (Å²) in [6.07, 6.45) is 6.71. The van der Waals surface area contributed by atoms with E-state index in [4.69, 9.17) is 4.74 Å². The highest BCUT2D eigenvalue weighted by atomic mass is 16.5. The van der Waals surface area contributed by atoms with Gasteiger partial charge in [0.25, 0.3) is 0 Å². The van der Waals surface area contributed by atoms with Crippen molar-refractivity contribution in [1.29, 1.82) is 0 Å². The topological polar surface area (TPSA) is 41.6 Å². The molecular formula is C14H26N2O2. The molecule has 1 aliphatic carbocycles. The van der Waals surface area contributed by atoms with E-state index in [9.17, 15) is 4.79 Å². The molecule has 1 saturated carbocycles. The Morgan fingerprint density at radius 1 is 1.44 bits per heavy atom. The van der Waals surface area contributed by atoms with Crippen LogP contribution in [-0.4, -0.2) is 49.2 Å². The SMILES string of the molecule is CCCC(COC)N1CCCC(NC2CC2)C1=O. The lowest BCUT2D eigenvalue weighted by Gasteiger charge is -2.38. The first-order valence-electron chi connectivity index (χ1n) is 7.31. The average Bonchev–Trinajstić information content (AvgIpc) is 3.16. The van der Waals surface area contributed by atoms with E-state index in [0.717, 1.165) is 32.2 Å². The molecule has 1 amide bonds. The zero-order valence-corrected chi connectivity index (χ0v) is 11.7. The number of hydrogen-bond donors (Lipinski definition) is 1. The minimum absolute atomic E-state index is 0.0578. The molecule has 18 heavy (non-hydrogen) atoms. The second-order valence-electron chi connectivity index (χ2n) is 5.57. The molecule has 0 bridgehead atoms. The Kier molecular flexibility index (Phi) is 5.01. The maximum atomic E-state index is 12.5. The van der Waals surface area contributed by atoms with Gasteiger partial charge >= 0.3 is 0 Å². The Balaban J connectivity index is 1.93. The molecule has 0 aromatic heterocycles. The molecule has 2 atom stereocenters. The van der Waals surface area contributed by atoms with Gasteiger partial charge in [-0.3, -0.25) is 4.79 Å². The molecule has 4 heteroatoms. The van der Waals surface area contributed by atoms with Crippen LogP contribution in [0.25, 0.3) is 0 Å². The lowest BCUT2D eigenvalue weighted by atomic mass is 10.0. The average molecular weight is 254 g/mol. The van der Waals surface area contributed by atoms with Crippen molar-refractivity contribution in [2.45, 2.75) is 63.6 Å². The van der Waals surface area contributed by atoms with Crippen molar-refractivity contribution in [2.24, 2.45) is 0 Å². The normalized spacial score (nSPS) is 26.4. The number of methoxy groups -OCH3 is 1. The second kappa shape index (κ2) is 6.53. The van der Waals surface area contributed by atoms with Gasteiger partial charge in [0.05, 0.1) is 18.7 Å². The van der Waals surface area contributed by atoms with Gasteiger partial charge in [0.2, 0.25) is 5.91 Å². The van der Waals surface area contributed by atoms with E-state index < -0.39 is 0 Å². The number of rotatable bonds is 7. The van der Waals surface area contributed by atoms with Crippen molar-refractivity contribution >= 4 is 5.91 Å². The summed E-state index contributed by atoms with van der Waals surface area (Å²) in [4.78, 5) is 14.5. The Labute approximate surface area is 110 Å². The first kappa shape index (κ1) is 13.8. The van der Waals surface area contributed by atoms with E-state index in [-0.39, 0.29) is 12.1 Å². The summed E-state index contributed by atoms with van der Waals surface area (Å²) < 4.78 is 5.27. The monoisotopic (exact) mass is 254 g/mol. The molecule has 0 aromatic carbocycles. The molecule has 2 rings (SSSR count). The minimum Gasteiger partial charge on any atom is -0.383 e.